The molecule has 3 aromatic rings. The van der Waals surface area contributed by atoms with Crippen molar-refractivity contribution in [2.75, 3.05) is 0 Å². The number of thiazole rings is 1. The number of imidazole rings is 1. The highest BCUT2D eigenvalue weighted by molar-refractivity contribution is 7.15. The molecule has 3 rings (SSSR count). The van der Waals surface area contributed by atoms with E-state index in [1.165, 1.54) is 0 Å². The molecule has 0 aliphatic heterocycles. The Kier molecular flexibility index (Phi) is 3.25. The smallest absolute Gasteiger partial charge is 0.194 e. The zero-order chi connectivity index (χ0) is 14.3. The van der Waals surface area contributed by atoms with Gasteiger partial charge in [0, 0.05) is 21.7 Å². The lowest BCUT2D eigenvalue weighted by atomic mass is 10.1. The molecule has 3 nitrogen and oxygen atoms in total. The number of aromatic nitrogens is 2. The third kappa shape index (κ3) is 2.00. The predicted molar refractivity (Wildman–Crippen MR) is 82.3 cm³/mol. The number of nitrogens with zero attached hydrogens (tertiary/aromatic N) is 3. The molecular formula is C15H12ClN3S. The van der Waals surface area contributed by atoms with E-state index in [1.807, 2.05) is 32.0 Å². The second kappa shape index (κ2) is 4.93. The summed E-state index contributed by atoms with van der Waals surface area (Å²) in [5.41, 5.74) is 4.96. The average Bonchev–Trinajstić information content (AvgIpc) is 2.95. The maximum atomic E-state index is 9.09. The van der Waals surface area contributed by atoms with Gasteiger partial charge in [-0.3, -0.25) is 4.40 Å². The van der Waals surface area contributed by atoms with Gasteiger partial charge < -0.3 is 0 Å². The Labute approximate surface area is 126 Å². The first-order valence-corrected chi connectivity index (χ1v) is 7.46. The van der Waals surface area contributed by atoms with Crippen LogP contribution in [0.15, 0.2) is 23.6 Å². The van der Waals surface area contributed by atoms with Crippen molar-refractivity contribution < 1.29 is 0 Å². The van der Waals surface area contributed by atoms with E-state index >= 15 is 0 Å². The Morgan fingerprint density at radius 3 is 2.90 bits per heavy atom. The highest BCUT2D eigenvalue weighted by Crippen LogP contribution is 2.30. The molecule has 0 radical (unpaired) electrons. The van der Waals surface area contributed by atoms with Crippen LogP contribution in [0.25, 0.3) is 16.2 Å². The van der Waals surface area contributed by atoms with Gasteiger partial charge in [-0.2, -0.15) is 5.26 Å². The number of benzene rings is 1. The summed E-state index contributed by atoms with van der Waals surface area (Å²) in [7, 11) is 0. The molecule has 100 valence electrons. The van der Waals surface area contributed by atoms with E-state index in [1.54, 1.807) is 11.3 Å². The molecule has 0 unspecified atom stereocenters. The van der Waals surface area contributed by atoms with E-state index in [0.717, 1.165) is 38.2 Å². The van der Waals surface area contributed by atoms with Crippen molar-refractivity contribution in [3.8, 4) is 17.3 Å². The number of rotatable bonds is 2. The molecule has 0 fully saturated rings. The first-order valence-electron chi connectivity index (χ1n) is 6.20. The van der Waals surface area contributed by atoms with Gasteiger partial charge in [0.15, 0.2) is 4.96 Å². The minimum Gasteiger partial charge on any atom is -0.290 e. The minimum absolute atomic E-state index is 0.343. The monoisotopic (exact) mass is 301 g/mol. The predicted octanol–water partition coefficient (Wildman–Crippen LogP) is 4.40. The van der Waals surface area contributed by atoms with Crippen LogP contribution in [0, 0.1) is 25.2 Å². The Hall–Kier alpha value is -1.83. The van der Waals surface area contributed by atoms with E-state index < -0.39 is 0 Å². The van der Waals surface area contributed by atoms with Gasteiger partial charge in [0.2, 0.25) is 0 Å². The average molecular weight is 302 g/mol. The number of aryl methyl sites for hydroxylation is 2. The van der Waals surface area contributed by atoms with Crippen LogP contribution in [0.1, 0.15) is 17.0 Å². The summed E-state index contributed by atoms with van der Waals surface area (Å²) >= 11 is 7.67. The van der Waals surface area contributed by atoms with Crippen LogP contribution >= 0.6 is 22.9 Å². The molecular weight excluding hydrogens is 290 g/mol. The lowest BCUT2D eigenvalue weighted by Crippen LogP contribution is -1.94. The summed E-state index contributed by atoms with van der Waals surface area (Å²) < 4.78 is 2.06. The van der Waals surface area contributed by atoms with Crippen molar-refractivity contribution in [2.24, 2.45) is 0 Å². The standard InChI is InChI=1S/C15H12ClN3S/c1-9-7-11(3-4-12(9)16)14-13(5-6-17)19-10(2)8-20-15(19)18-14/h3-4,7-8H,5H2,1-2H3. The van der Waals surface area contributed by atoms with Gasteiger partial charge in [0.25, 0.3) is 0 Å². The zero-order valence-electron chi connectivity index (χ0n) is 11.1. The van der Waals surface area contributed by atoms with Crippen molar-refractivity contribution in [1.29, 1.82) is 5.26 Å². The Morgan fingerprint density at radius 2 is 2.20 bits per heavy atom. The van der Waals surface area contributed by atoms with Gasteiger partial charge in [0.05, 0.1) is 23.9 Å². The molecule has 2 heterocycles. The molecule has 0 aliphatic rings. The molecule has 0 bridgehead atoms. The van der Waals surface area contributed by atoms with E-state index in [9.17, 15) is 0 Å². The molecule has 0 saturated heterocycles. The number of nitriles is 1. The van der Waals surface area contributed by atoms with Crippen LogP contribution in [-0.4, -0.2) is 9.38 Å². The van der Waals surface area contributed by atoms with Crippen LogP contribution in [0.3, 0.4) is 0 Å². The second-order valence-corrected chi connectivity index (χ2v) is 5.94. The summed E-state index contributed by atoms with van der Waals surface area (Å²) in [5, 5.41) is 11.9. The van der Waals surface area contributed by atoms with Gasteiger partial charge in [-0.05, 0) is 31.5 Å². The zero-order valence-corrected chi connectivity index (χ0v) is 12.7. The first-order chi connectivity index (χ1) is 9.61. The Bertz CT molecular complexity index is 839. The quantitative estimate of drug-likeness (QED) is 0.704. The van der Waals surface area contributed by atoms with Gasteiger partial charge in [-0.15, -0.1) is 11.3 Å². The maximum absolute atomic E-state index is 9.09. The summed E-state index contributed by atoms with van der Waals surface area (Å²) in [4.78, 5) is 5.61. The fraction of sp³-hybridized carbons (Fsp3) is 0.200. The normalized spacial score (nSPS) is 10.9. The molecule has 0 aliphatic carbocycles. The summed E-state index contributed by atoms with van der Waals surface area (Å²) in [6, 6.07) is 8.09. The molecule has 0 N–H and O–H groups in total. The summed E-state index contributed by atoms with van der Waals surface area (Å²) in [5.74, 6) is 0. The lowest BCUT2D eigenvalue weighted by molar-refractivity contribution is 1.03. The van der Waals surface area contributed by atoms with Crippen LogP contribution < -0.4 is 0 Å². The molecule has 20 heavy (non-hydrogen) atoms. The van der Waals surface area contributed by atoms with Gasteiger partial charge in [-0.25, -0.2) is 4.98 Å². The number of hydrogen-bond acceptors (Lipinski definition) is 3. The van der Waals surface area contributed by atoms with Gasteiger partial charge >= 0.3 is 0 Å². The van der Waals surface area contributed by atoms with Crippen molar-refractivity contribution in [2.45, 2.75) is 20.3 Å². The van der Waals surface area contributed by atoms with E-state index in [-0.39, 0.29) is 0 Å². The Balaban J connectivity index is 2.27. The van der Waals surface area contributed by atoms with Crippen molar-refractivity contribution in [3.05, 3.63) is 45.6 Å². The molecule has 0 atom stereocenters. The van der Waals surface area contributed by atoms with Crippen LogP contribution in [0.2, 0.25) is 5.02 Å². The fourth-order valence-corrected chi connectivity index (χ4v) is 3.33. The molecule has 0 amide bonds. The number of fused-ring (bicyclic) bond motifs is 1. The summed E-state index contributed by atoms with van der Waals surface area (Å²) in [6.45, 7) is 4.00. The number of halogens is 1. The molecule has 0 saturated carbocycles. The van der Waals surface area contributed by atoms with Gasteiger partial charge in [-0.1, -0.05) is 17.7 Å². The van der Waals surface area contributed by atoms with Crippen molar-refractivity contribution in [1.82, 2.24) is 9.38 Å². The topological polar surface area (TPSA) is 41.1 Å². The van der Waals surface area contributed by atoms with Crippen molar-refractivity contribution >= 4 is 27.9 Å². The molecule has 5 heteroatoms. The SMILES string of the molecule is Cc1cc(-c2nc3scc(C)n3c2CC#N)ccc1Cl. The van der Waals surface area contributed by atoms with Crippen LogP contribution in [0.5, 0.6) is 0 Å². The van der Waals surface area contributed by atoms with E-state index in [4.69, 9.17) is 16.9 Å². The highest BCUT2D eigenvalue weighted by Gasteiger charge is 2.16. The maximum Gasteiger partial charge on any atom is 0.194 e. The largest absolute Gasteiger partial charge is 0.290 e. The van der Waals surface area contributed by atoms with Gasteiger partial charge in [0.1, 0.15) is 0 Å². The third-order valence-corrected chi connectivity index (χ3v) is 4.68. The summed E-state index contributed by atoms with van der Waals surface area (Å²) in [6.07, 6.45) is 0.343. The van der Waals surface area contributed by atoms with Crippen LogP contribution in [0.4, 0.5) is 0 Å². The fourth-order valence-electron chi connectivity index (χ4n) is 2.33. The lowest BCUT2D eigenvalue weighted by Gasteiger charge is -2.04. The molecule has 1 aromatic carbocycles. The minimum atomic E-state index is 0.343. The van der Waals surface area contributed by atoms with E-state index in [2.05, 4.69) is 20.8 Å². The number of hydrogen-bond donors (Lipinski definition) is 0. The third-order valence-electron chi connectivity index (χ3n) is 3.31. The van der Waals surface area contributed by atoms with Crippen LogP contribution in [-0.2, 0) is 6.42 Å². The van der Waals surface area contributed by atoms with Crippen molar-refractivity contribution in [3.63, 3.8) is 0 Å². The molecule has 2 aromatic heterocycles. The molecule has 0 spiro atoms. The second-order valence-electron chi connectivity index (χ2n) is 4.70. The van der Waals surface area contributed by atoms with E-state index in [0.29, 0.717) is 6.42 Å². The Morgan fingerprint density at radius 1 is 1.40 bits per heavy atom. The highest BCUT2D eigenvalue weighted by atomic mass is 35.5. The first kappa shape index (κ1) is 13.2.